The van der Waals surface area contributed by atoms with Crippen LogP contribution < -0.4 is 14.8 Å². The first kappa shape index (κ1) is 12.8. The molecule has 0 atom stereocenters. The third-order valence-electron chi connectivity index (χ3n) is 2.00. The smallest absolute Gasteiger partial charge is 0.225 e. The molecule has 1 amide bonds. The average molecular weight is 288 g/mol. The van der Waals surface area contributed by atoms with E-state index in [0.29, 0.717) is 28.9 Å². The third kappa shape index (κ3) is 3.41. The second-order valence-corrected chi connectivity index (χ2v) is 3.85. The topological polar surface area (TPSA) is 47.6 Å². The fourth-order valence-corrected chi connectivity index (χ4v) is 1.57. The summed E-state index contributed by atoms with van der Waals surface area (Å²) in [6.07, 6.45) is 0.417. The van der Waals surface area contributed by atoms with Crippen LogP contribution in [0.3, 0.4) is 0 Å². The van der Waals surface area contributed by atoms with Crippen LogP contribution in [0.2, 0.25) is 0 Å². The normalized spacial score (nSPS) is 9.69. The molecule has 0 aliphatic carbocycles. The summed E-state index contributed by atoms with van der Waals surface area (Å²) in [5.41, 5.74) is 0.618. The number of methoxy groups -OCH3 is 2. The molecule has 0 spiro atoms. The molecule has 0 heterocycles. The maximum Gasteiger partial charge on any atom is 0.225 e. The molecule has 88 valence electrons. The first-order valence-electron chi connectivity index (χ1n) is 4.79. The van der Waals surface area contributed by atoms with Gasteiger partial charge in [0.25, 0.3) is 0 Å². The van der Waals surface area contributed by atoms with Crippen LogP contribution in [0.4, 0.5) is 5.69 Å². The van der Waals surface area contributed by atoms with E-state index in [1.807, 2.05) is 0 Å². The summed E-state index contributed by atoms with van der Waals surface area (Å²) in [6, 6.07) is 5.26. The molecule has 4 nitrogen and oxygen atoms in total. The van der Waals surface area contributed by atoms with Crippen molar-refractivity contribution in [3.63, 3.8) is 0 Å². The van der Waals surface area contributed by atoms with E-state index in [9.17, 15) is 4.79 Å². The number of alkyl halides is 1. The predicted molar refractivity (Wildman–Crippen MR) is 66.6 cm³/mol. The molecule has 1 aromatic rings. The summed E-state index contributed by atoms with van der Waals surface area (Å²) >= 11 is 3.21. The van der Waals surface area contributed by atoms with Crippen molar-refractivity contribution in [2.75, 3.05) is 24.9 Å². The van der Waals surface area contributed by atoms with Crippen molar-refractivity contribution in [1.82, 2.24) is 0 Å². The Labute approximate surface area is 103 Å². The van der Waals surface area contributed by atoms with Crippen molar-refractivity contribution in [3.8, 4) is 11.5 Å². The van der Waals surface area contributed by atoms with Gasteiger partial charge in [0.2, 0.25) is 5.91 Å². The predicted octanol–water partition coefficient (Wildman–Crippen LogP) is 2.43. The number of amides is 1. The number of nitrogens with one attached hydrogen (secondary N) is 1. The number of ether oxygens (including phenoxy) is 2. The van der Waals surface area contributed by atoms with Crippen LogP contribution in [0, 0.1) is 0 Å². The minimum Gasteiger partial charge on any atom is -0.497 e. The van der Waals surface area contributed by atoms with Crippen LogP contribution in [-0.2, 0) is 4.79 Å². The number of carbonyl (C=O) groups is 1. The highest BCUT2D eigenvalue weighted by molar-refractivity contribution is 9.09. The molecule has 0 aliphatic heterocycles. The van der Waals surface area contributed by atoms with Crippen LogP contribution in [0.1, 0.15) is 6.42 Å². The molecule has 1 N–H and O–H groups in total. The molecule has 0 fully saturated rings. The molecule has 0 saturated carbocycles. The Morgan fingerprint density at radius 1 is 1.38 bits per heavy atom. The molecular weight excluding hydrogens is 274 g/mol. The van der Waals surface area contributed by atoms with Crippen molar-refractivity contribution in [1.29, 1.82) is 0 Å². The molecule has 0 aliphatic rings. The van der Waals surface area contributed by atoms with Crippen LogP contribution in [0.15, 0.2) is 18.2 Å². The molecule has 0 bridgehead atoms. The van der Waals surface area contributed by atoms with Crippen molar-refractivity contribution >= 4 is 27.5 Å². The van der Waals surface area contributed by atoms with E-state index in [1.54, 1.807) is 32.4 Å². The van der Waals surface area contributed by atoms with Gasteiger partial charge in [-0.05, 0) is 12.1 Å². The van der Waals surface area contributed by atoms with E-state index >= 15 is 0 Å². The van der Waals surface area contributed by atoms with Gasteiger partial charge in [-0.15, -0.1) is 0 Å². The Morgan fingerprint density at radius 2 is 2.12 bits per heavy atom. The minimum atomic E-state index is -0.0663. The fourth-order valence-electron chi connectivity index (χ4n) is 1.21. The van der Waals surface area contributed by atoms with Gasteiger partial charge in [0, 0.05) is 17.8 Å². The Bertz CT molecular complexity index is 368. The number of carbonyl (C=O) groups excluding carboxylic acids is 1. The van der Waals surface area contributed by atoms with E-state index < -0.39 is 0 Å². The summed E-state index contributed by atoms with van der Waals surface area (Å²) in [5.74, 6) is 1.22. The quantitative estimate of drug-likeness (QED) is 0.846. The highest BCUT2D eigenvalue weighted by atomic mass is 79.9. The lowest BCUT2D eigenvalue weighted by atomic mass is 10.2. The molecule has 0 radical (unpaired) electrons. The van der Waals surface area contributed by atoms with Crippen LogP contribution >= 0.6 is 15.9 Å². The standard InChI is InChI=1S/C11H14BrNO3/c1-15-8-3-4-10(16-2)9(7-8)13-11(14)5-6-12/h3-4,7H,5-6H2,1-2H3,(H,13,14). The van der Waals surface area contributed by atoms with E-state index in [2.05, 4.69) is 21.2 Å². The van der Waals surface area contributed by atoms with Crippen molar-refractivity contribution in [3.05, 3.63) is 18.2 Å². The fraction of sp³-hybridized carbons (Fsp3) is 0.364. The average Bonchev–Trinajstić information content (AvgIpc) is 2.29. The molecule has 0 unspecified atom stereocenters. The van der Waals surface area contributed by atoms with Crippen molar-refractivity contribution in [2.45, 2.75) is 6.42 Å². The Morgan fingerprint density at radius 3 is 2.69 bits per heavy atom. The minimum absolute atomic E-state index is 0.0663. The molecule has 1 rings (SSSR count). The third-order valence-corrected chi connectivity index (χ3v) is 2.40. The van der Waals surface area contributed by atoms with E-state index in [-0.39, 0.29) is 5.91 Å². The Hall–Kier alpha value is -1.23. The van der Waals surface area contributed by atoms with Crippen LogP contribution in [0.25, 0.3) is 0 Å². The van der Waals surface area contributed by atoms with Gasteiger partial charge in [-0.2, -0.15) is 0 Å². The van der Waals surface area contributed by atoms with E-state index in [0.717, 1.165) is 0 Å². The van der Waals surface area contributed by atoms with Crippen LogP contribution in [0.5, 0.6) is 11.5 Å². The number of rotatable bonds is 5. The van der Waals surface area contributed by atoms with E-state index in [4.69, 9.17) is 9.47 Å². The summed E-state index contributed by atoms with van der Waals surface area (Å²) in [4.78, 5) is 11.4. The molecular formula is C11H14BrNO3. The first-order chi connectivity index (χ1) is 7.71. The molecule has 5 heteroatoms. The van der Waals surface area contributed by atoms with Gasteiger partial charge in [0.15, 0.2) is 0 Å². The van der Waals surface area contributed by atoms with Gasteiger partial charge in [0.05, 0.1) is 19.9 Å². The lowest BCUT2D eigenvalue weighted by Crippen LogP contribution is -2.12. The molecule has 1 aromatic carbocycles. The van der Waals surface area contributed by atoms with Gasteiger partial charge >= 0.3 is 0 Å². The lowest BCUT2D eigenvalue weighted by Gasteiger charge is -2.11. The number of anilines is 1. The zero-order valence-corrected chi connectivity index (χ0v) is 10.8. The highest BCUT2D eigenvalue weighted by Crippen LogP contribution is 2.28. The molecule has 16 heavy (non-hydrogen) atoms. The zero-order valence-electron chi connectivity index (χ0n) is 9.25. The SMILES string of the molecule is COc1ccc(OC)c(NC(=O)CCBr)c1. The molecule has 0 aromatic heterocycles. The van der Waals surface area contributed by atoms with Gasteiger partial charge < -0.3 is 14.8 Å². The Kier molecular flexibility index (Phi) is 5.11. The zero-order chi connectivity index (χ0) is 12.0. The maximum atomic E-state index is 11.4. The maximum absolute atomic E-state index is 11.4. The second kappa shape index (κ2) is 6.37. The first-order valence-corrected chi connectivity index (χ1v) is 5.91. The highest BCUT2D eigenvalue weighted by Gasteiger charge is 2.08. The number of hydrogen-bond donors (Lipinski definition) is 1. The van der Waals surface area contributed by atoms with E-state index in [1.165, 1.54) is 0 Å². The number of hydrogen-bond acceptors (Lipinski definition) is 3. The van der Waals surface area contributed by atoms with Gasteiger partial charge in [-0.25, -0.2) is 0 Å². The molecule has 0 saturated heterocycles. The van der Waals surface area contributed by atoms with Crippen molar-refractivity contribution in [2.24, 2.45) is 0 Å². The van der Waals surface area contributed by atoms with Gasteiger partial charge in [-0.1, -0.05) is 15.9 Å². The second-order valence-electron chi connectivity index (χ2n) is 3.05. The summed E-state index contributed by atoms with van der Waals surface area (Å²) in [6.45, 7) is 0. The number of halogens is 1. The lowest BCUT2D eigenvalue weighted by molar-refractivity contribution is -0.115. The monoisotopic (exact) mass is 287 g/mol. The summed E-state index contributed by atoms with van der Waals surface area (Å²) < 4.78 is 10.2. The number of benzene rings is 1. The largest absolute Gasteiger partial charge is 0.497 e. The summed E-state index contributed by atoms with van der Waals surface area (Å²) in [7, 11) is 3.13. The van der Waals surface area contributed by atoms with Crippen molar-refractivity contribution < 1.29 is 14.3 Å². The van der Waals surface area contributed by atoms with Crippen LogP contribution in [-0.4, -0.2) is 25.5 Å². The summed E-state index contributed by atoms with van der Waals surface area (Å²) in [5, 5.41) is 3.39. The van der Waals surface area contributed by atoms with Gasteiger partial charge in [-0.3, -0.25) is 4.79 Å². The Balaban J connectivity index is 2.86. The van der Waals surface area contributed by atoms with Gasteiger partial charge in [0.1, 0.15) is 11.5 Å².